The van der Waals surface area contributed by atoms with Crippen molar-refractivity contribution in [3.05, 3.63) is 29.4 Å². The van der Waals surface area contributed by atoms with E-state index in [-0.39, 0.29) is 5.15 Å². The van der Waals surface area contributed by atoms with Gasteiger partial charge in [0.1, 0.15) is 15.0 Å². The van der Waals surface area contributed by atoms with Gasteiger partial charge in [0.2, 0.25) is 0 Å². The summed E-state index contributed by atoms with van der Waals surface area (Å²) in [4.78, 5) is 7.74. The average Bonchev–Trinajstić information content (AvgIpc) is 2.60. The van der Waals surface area contributed by atoms with Gasteiger partial charge in [0.05, 0.1) is 17.0 Å². The van der Waals surface area contributed by atoms with E-state index in [9.17, 15) is 8.60 Å². The molecule has 0 aliphatic carbocycles. The molecule has 7 heteroatoms. The van der Waals surface area contributed by atoms with Gasteiger partial charge in [-0.15, -0.1) is 11.3 Å². The molecule has 84 valence electrons. The molecule has 0 aromatic carbocycles. The first-order valence-corrected chi connectivity index (χ1v) is 6.94. The van der Waals surface area contributed by atoms with E-state index in [1.54, 1.807) is 0 Å². The Morgan fingerprint density at radius 1 is 1.50 bits per heavy atom. The summed E-state index contributed by atoms with van der Waals surface area (Å²) in [6, 6.07) is 1.31. The van der Waals surface area contributed by atoms with Crippen LogP contribution in [0.15, 0.2) is 22.7 Å². The zero-order valence-corrected chi connectivity index (χ0v) is 10.5. The maximum Gasteiger partial charge on any atom is 0.156 e. The Bertz CT molecular complexity index is 558. The van der Waals surface area contributed by atoms with Crippen molar-refractivity contribution in [3.8, 4) is 10.6 Å². The topological polar surface area (TPSA) is 42.9 Å². The van der Waals surface area contributed by atoms with Crippen molar-refractivity contribution >= 4 is 33.7 Å². The molecule has 0 spiro atoms. The maximum atomic E-state index is 12.9. The van der Waals surface area contributed by atoms with Crippen molar-refractivity contribution in [1.82, 2.24) is 9.97 Å². The highest BCUT2D eigenvalue weighted by molar-refractivity contribution is 7.86. The highest BCUT2D eigenvalue weighted by Crippen LogP contribution is 2.32. The van der Waals surface area contributed by atoms with Crippen molar-refractivity contribution in [2.45, 2.75) is 4.21 Å². The Labute approximate surface area is 103 Å². The largest absolute Gasteiger partial charge is 0.261 e. The lowest BCUT2D eigenvalue weighted by Gasteiger charge is -1.93. The van der Waals surface area contributed by atoms with Crippen LogP contribution in [-0.2, 0) is 10.8 Å². The SMILES string of the molecule is CS(=O)c1sc(-c2cncc(F)c2)nc1Cl. The predicted molar refractivity (Wildman–Crippen MR) is 62.6 cm³/mol. The highest BCUT2D eigenvalue weighted by Gasteiger charge is 2.14. The molecule has 0 saturated heterocycles. The van der Waals surface area contributed by atoms with Gasteiger partial charge in [-0.05, 0) is 6.07 Å². The lowest BCUT2D eigenvalue weighted by Crippen LogP contribution is -1.82. The Balaban J connectivity index is 2.49. The third-order valence-electron chi connectivity index (χ3n) is 1.77. The molecule has 2 heterocycles. The normalized spacial score (nSPS) is 12.7. The molecule has 2 aromatic heterocycles. The number of hydrogen-bond donors (Lipinski definition) is 0. The van der Waals surface area contributed by atoms with Crippen LogP contribution in [0.25, 0.3) is 10.6 Å². The Morgan fingerprint density at radius 2 is 2.25 bits per heavy atom. The molecule has 1 unspecified atom stereocenters. The number of halogens is 2. The Morgan fingerprint density at radius 3 is 2.81 bits per heavy atom. The second kappa shape index (κ2) is 4.57. The lowest BCUT2D eigenvalue weighted by atomic mass is 10.3. The van der Waals surface area contributed by atoms with E-state index < -0.39 is 16.6 Å². The van der Waals surface area contributed by atoms with Crippen molar-refractivity contribution in [3.63, 3.8) is 0 Å². The van der Waals surface area contributed by atoms with E-state index >= 15 is 0 Å². The van der Waals surface area contributed by atoms with Gasteiger partial charge in [0.25, 0.3) is 0 Å². The van der Waals surface area contributed by atoms with E-state index in [1.165, 1.54) is 29.9 Å². The molecule has 0 aliphatic rings. The summed E-state index contributed by atoms with van der Waals surface area (Å²) in [5.74, 6) is -0.442. The molecule has 0 amide bonds. The zero-order chi connectivity index (χ0) is 11.7. The molecular weight excluding hydrogens is 271 g/mol. The van der Waals surface area contributed by atoms with Crippen molar-refractivity contribution < 1.29 is 8.60 Å². The van der Waals surface area contributed by atoms with Gasteiger partial charge < -0.3 is 0 Å². The molecule has 16 heavy (non-hydrogen) atoms. The molecular formula is C9H6ClFN2OS2. The molecule has 0 aliphatic heterocycles. The van der Waals surface area contributed by atoms with E-state index in [0.717, 1.165) is 6.20 Å². The van der Waals surface area contributed by atoms with E-state index in [0.29, 0.717) is 14.8 Å². The van der Waals surface area contributed by atoms with Crippen LogP contribution >= 0.6 is 22.9 Å². The number of pyridine rings is 1. The standard InChI is InChI=1S/C9H6ClFN2OS2/c1-16(14)9-7(10)13-8(15-9)5-2-6(11)4-12-3-5/h2-4H,1H3. The van der Waals surface area contributed by atoms with Crippen LogP contribution in [0, 0.1) is 5.82 Å². The molecule has 0 fully saturated rings. The van der Waals surface area contributed by atoms with E-state index in [2.05, 4.69) is 9.97 Å². The molecule has 2 rings (SSSR count). The minimum Gasteiger partial charge on any atom is -0.261 e. The quantitative estimate of drug-likeness (QED) is 0.847. The third kappa shape index (κ3) is 2.28. The summed E-state index contributed by atoms with van der Waals surface area (Å²) in [6.07, 6.45) is 4.12. The van der Waals surface area contributed by atoms with Crippen LogP contribution in [0.3, 0.4) is 0 Å². The molecule has 3 nitrogen and oxygen atoms in total. The van der Waals surface area contributed by atoms with Gasteiger partial charge in [0, 0.05) is 18.0 Å². The molecule has 1 atom stereocenters. The van der Waals surface area contributed by atoms with Crippen molar-refractivity contribution in [2.24, 2.45) is 0 Å². The zero-order valence-electron chi connectivity index (χ0n) is 8.11. The molecule has 0 radical (unpaired) electrons. The predicted octanol–water partition coefficient (Wildman–Crippen LogP) is 2.74. The Kier molecular flexibility index (Phi) is 3.32. The smallest absolute Gasteiger partial charge is 0.156 e. The van der Waals surface area contributed by atoms with Gasteiger partial charge in [-0.2, -0.15) is 0 Å². The third-order valence-corrected chi connectivity index (χ3v) is 4.84. The van der Waals surface area contributed by atoms with Gasteiger partial charge in [0.15, 0.2) is 5.15 Å². The first kappa shape index (κ1) is 11.6. The number of thiazole rings is 1. The second-order valence-corrected chi connectivity index (χ2v) is 5.88. The molecule has 0 bridgehead atoms. The van der Waals surface area contributed by atoms with Crippen LogP contribution < -0.4 is 0 Å². The van der Waals surface area contributed by atoms with Crippen LogP contribution in [0.4, 0.5) is 4.39 Å². The number of aromatic nitrogens is 2. The summed E-state index contributed by atoms with van der Waals surface area (Å²) < 4.78 is 24.7. The number of nitrogens with zero attached hydrogens (tertiary/aromatic N) is 2. The second-order valence-electron chi connectivity index (χ2n) is 2.94. The molecule has 2 aromatic rings. The first-order chi connectivity index (χ1) is 7.58. The fourth-order valence-corrected chi connectivity index (χ4v) is 3.35. The summed E-state index contributed by atoms with van der Waals surface area (Å²) in [5.41, 5.74) is 0.531. The highest BCUT2D eigenvalue weighted by atomic mass is 35.5. The monoisotopic (exact) mass is 276 g/mol. The average molecular weight is 277 g/mol. The van der Waals surface area contributed by atoms with Crippen molar-refractivity contribution in [1.29, 1.82) is 0 Å². The summed E-state index contributed by atoms with van der Waals surface area (Å²) in [7, 11) is -1.19. The summed E-state index contributed by atoms with van der Waals surface area (Å²) >= 11 is 7.00. The lowest BCUT2D eigenvalue weighted by molar-refractivity contribution is 0.622. The summed E-state index contributed by atoms with van der Waals surface area (Å²) in [6.45, 7) is 0. The van der Waals surface area contributed by atoms with Gasteiger partial charge in [-0.1, -0.05) is 11.6 Å². The van der Waals surface area contributed by atoms with Crippen molar-refractivity contribution in [2.75, 3.05) is 6.26 Å². The van der Waals surface area contributed by atoms with Crippen LogP contribution in [0.1, 0.15) is 0 Å². The van der Waals surface area contributed by atoms with Crippen LogP contribution in [-0.4, -0.2) is 20.4 Å². The van der Waals surface area contributed by atoms with E-state index in [1.807, 2.05) is 0 Å². The minimum atomic E-state index is -1.19. The Hall–Kier alpha value is -0.850. The van der Waals surface area contributed by atoms with Gasteiger partial charge >= 0.3 is 0 Å². The maximum absolute atomic E-state index is 12.9. The minimum absolute atomic E-state index is 0.199. The molecule has 0 N–H and O–H groups in total. The first-order valence-electron chi connectivity index (χ1n) is 4.18. The number of rotatable bonds is 2. The van der Waals surface area contributed by atoms with Gasteiger partial charge in [-0.3, -0.25) is 9.19 Å². The molecule has 0 saturated carbocycles. The van der Waals surface area contributed by atoms with E-state index in [4.69, 9.17) is 11.6 Å². The van der Waals surface area contributed by atoms with Crippen LogP contribution in [0.2, 0.25) is 5.15 Å². The number of hydrogen-bond acceptors (Lipinski definition) is 4. The van der Waals surface area contributed by atoms with Gasteiger partial charge in [-0.25, -0.2) is 9.37 Å². The van der Waals surface area contributed by atoms with Crippen LogP contribution in [0.5, 0.6) is 0 Å². The fraction of sp³-hybridized carbons (Fsp3) is 0.111. The fourth-order valence-electron chi connectivity index (χ4n) is 1.12. The summed E-state index contributed by atoms with van der Waals surface area (Å²) in [5, 5.41) is 0.715.